The van der Waals surface area contributed by atoms with Gasteiger partial charge in [-0.3, -0.25) is 9.59 Å². The van der Waals surface area contributed by atoms with Crippen LogP contribution in [0.1, 0.15) is 168 Å². The predicted molar refractivity (Wildman–Crippen MR) is 295 cm³/mol. The van der Waals surface area contributed by atoms with Gasteiger partial charge >= 0.3 is 11.9 Å². The topological polar surface area (TPSA) is 162 Å². The smallest absolute Gasteiger partial charge is 0.338 e. The van der Waals surface area contributed by atoms with Gasteiger partial charge in [0.05, 0.1) is 42.7 Å². The largest absolute Gasteiger partial charge is 0.459 e. The summed E-state index contributed by atoms with van der Waals surface area (Å²) in [7, 11) is 0. The summed E-state index contributed by atoms with van der Waals surface area (Å²) >= 11 is 0. The van der Waals surface area contributed by atoms with E-state index in [-0.39, 0.29) is 82.6 Å². The number of hydrogen-bond donors (Lipinski definition) is 1. The van der Waals surface area contributed by atoms with E-state index in [2.05, 4.69) is 62.3 Å². The molecule has 4 saturated carbocycles. The van der Waals surface area contributed by atoms with E-state index in [1.807, 2.05) is 38.1 Å². The van der Waals surface area contributed by atoms with Crippen LogP contribution in [0.3, 0.4) is 0 Å². The van der Waals surface area contributed by atoms with Crippen LogP contribution in [-0.4, -0.2) is 104 Å². The third kappa shape index (κ3) is 12.0. The third-order valence-corrected chi connectivity index (χ3v) is 21.8. The van der Waals surface area contributed by atoms with E-state index >= 15 is 0 Å². The number of aliphatic hydroxyl groups is 1. The minimum Gasteiger partial charge on any atom is -0.459 e. The fraction of sp³-hybridized carbons (Fsp3) is 0.754. The van der Waals surface area contributed by atoms with Gasteiger partial charge in [0.1, 0.15) is 30.4 Å². The van der Waals surface area contributed by atoms with E-state index in [9.17, 15) is 24.3 Å². The number of Topliss-reactive ketones (excluding diaryl/α,β-unsaturated/α-hetero) is 2. The van der Waals surface area contributed by atoms with Crippen LogP contribution in [0.2, 0.25) is 0 Å². The van der Waals surface area contributed by atoms with Gasteiger partial charge in [-0.15, -0.1) is 0 Å². The Bertz CT molecular complexity index is 2340. The van der Waals surface area contributed by atoms with Gasteiger partial charge in [-0.25, -0.2) is 9.59 Å². The molecule has 2 aromatic carbocycles. The van der Waals surface area contributed by atoms with Crippen molar-refractivity contribution < 1.29 is 62.2 Å². The highest BCUT2D eigenvalue weighted by molar-refractivity contribution is 5.92. The lowest BCUT2D eigenvalue weighted by atomic mass is 9.44. The van der Waals surface area contributed by atoms with Gasteiger partial charge in [0.25, 0.3) is 0 Å². The van der Waals surface area contributed by atoms with Gasteiger partial charge in [0.15, 0.2) is 25.0 Å². The third-order valence-electron chi connectivity index (χ3n) is 21.8. The molecule has 7 aliphatic rings. The lowest BCUT2D eigenvalue weighted by Gasteiger charge is -2.61. The standard InChI is InChI=1S/C65H94O13/c1-12-53-40(6)39(5)41(7)61(75-53)78-58-43(9)56(68)54(35-71-59(69)44-19-15-13-16-20-44)76-63(58)74-47-27-29-64(10)46(31-47)24-25-48-49(64)28-30-65(11)50(48)32-52(67)55(65)42(8)51(66)26-23-36(2)33-72-62-57(38(4)37(3)34-73-62)77-60(70)45-21-17-14-18-22-45/h13-22,36-43,46-50,53-58,61-63,68H,12,23-35H2,1-11H3/t36-,37-,38-,39-,40-,41?,42+,43-,46?,47?,48?,49?,50?,53?,54?,55?,56+,57?,58?,61-,62+,63+,64?,65?/m0/s1. The summed E-state index contributed by atoms with van der Waals surface area (Å²) in [6.45, 7) is 24.6. The van der Waals surface area contributed by atoms with Crippen LogP contribution in [0.25, 0.3) is 0 Å². The Hall–Kier alpha value is -3.56. The summed E-state index contributed by atoms with van der Waals surface area (Å²) in [5, 5.41) is 11.8. The molecule has 13 heteroatoms. The average molecular weight is 1080 g/mol. The SMILES string of the molecule is CCC1O[C@@H](OC2[C@H](OC3CCC4(C)C(CCC5C4CCC4(C)C5CC(=O)C4[C@H](C)C(=O)CC[C@H](C)CO[C@@H]4OC[C@H](C)[C@H](C)C4OC(=O)c4ccccc4)C3)OC(COC(=O)c3ccccc3)[C@H](O)[C@@H]2C)C(C)[C@@H](C)[C@@H]1C. The molecule has 9 rings (SSSR count). The molecule has 78 heavy (non-hydrogen) atoms. The molecule has 24 atom stereocenters. The number of benzene rings is 2. The number of carbonyl (C=O) groups excluding carboxylic acids is 4. The van der Waals surface area contributed by atoms with Crippen LogP contribution in [0.4, 0.5) is 0 Å². The Labute approximate surface area is 465 Å². The first-order valence-corrected chi connectivity index (χ1v) is 30.3. The van der Waals surface area contributed by atoms with Crippen LogP contribution in [0, 0.1) is 87.8 Å². The van der Waals surface area contributed by atoms with Crippen molar-refractivity contribution >= 4 is 23.5 Å². The molecule has 0 bridgehead atoms. The van der Waals surface area contributed by atoms with Crippen molar-refractivity contribution in [2.24, 2.45) is 87.8 Å². The zero-order valence-corrected chi connectivity index (χ0v) is 48.7. The van der Waals surface area contributed by atoms with E-state index in [1.54, 1.807) is 36.4 Å². The lowest BCUT2D eigenvalue weighted by Crippen LogP contribution is -2.60. The number of carbonyl (C=O) groups is 4. The number of ether oxygens (including phenoxy) is 8. The monoisotopic (exact) mass is 1080 g/mol. The first-order chi connectivity index (χ1) is 37.2. The summed E-state index contributed by atoms with van der Waals surface area (Å²) in [5.74, 6) is 1.23. The van der Waals surface area contributed by atoms with Crippen molar-refractivity contribution in [3.8, 4) is 0 Å². The maximum absolute atomic E-state index is 14.4. The van der Waals surface area contributed by atoms with E-state index in [0.29, 0.717) is 73.2 Å². The normalized spacial score (nSPS) is 42.3. The summed E-state index contributed by atoms with van der Waals surface area (Å²) < 4.78 is 51.6. The Morgan fingerprint density at radius 1 is 0.718 bits per heavy atom. The van der Waals surface area contributed by atoms with Crippen LogP contribution >= 0.6 is 0 Å². The van der Waals surface area contributed by atoms with Gasteiger partial charge in [0, 0.05) is 42.4 Å². The van der Waals surface area contributed by atoms with E-state index < -0.39 is 61.1 Å². The molecule has 0 radical (unpaired) electrons. The molecule has 3 heterocycles. The van der Waals surface area contributed by atoms with Crippen molar-refractivity contribution in [2.45, 2.75) is 202 Å². The molecule has 1 N–H and O–H groups in total. The van der Waals surface area contributed by atoms with Crippen molar-refractivity contribution in [1.29, 1.82) is 0 Å². The molecule has 0 spiro atoms. The van der Waals surface area contributed by atoms with E-state index in [0.717, 1.165) is 51.4 Å². The summed E-state index contributed by atoms with van der Waals surface area (Å²) in [6, 6.07) is 17.8. The van der Waals surface area contributed by atoms with Gasteiger partial charge in [-0.2, -0.15) is 0 Å². The van der Waals surface area contributed by atoms with Gasteiger partial charge < -0.3 is 43.0 Å². The highest BCUT2D eigenvalue weighted by atomic mass is 16.7. The lowest BCUT2D eigenvalue weighted by molar-refractivity contribution is -0.353. The second-order valence-corrected chi connectivity index (χ2v) is 26.4. The van der Waals surface area contributed by atoms with Gasteiger partial charge in [-0.1, -0.05) is 113 Å². The Balaban J connectivity index is 0.808. The first-order valence-electron chi connectivity index (χ1n) is 30.3. The molecule has 4 aliphatic carbocycles. The maximum atomic E-state index is 14.4. The summed E-state index contributed by atoms with van der Waals surface area (Å²) in [5.41, 5.74) is 0.782. The molecule has 3 aliphatic heterocycles. The molecule has 432 valence electrons. The first kappa shape index (κ1) is 59.1. The molecule has 0 aromatic heterocycles. The quantitative estimate of drug-likeness (QED) is 0.111. The average Bonchev–Trinajstić information content (AvgIpc) is 3.97. The van der Waals surface area contributed by atoms with Crippen molar-refractivity contribution in [3.63, 3.8) is 0 Å². The highest BCUT2D eigenvalue weighted by Gasteiger charge is 2.64. The molecule has 13 nitrogen and oxygen atoms in total. The molecule has 13 unspecified atom stereocenters. The zero-order chi connectivity index (χ0) is 55.8. The summed E-state index contributed by atoms with van der Waals surface area (Å²) in [4.78, 5) is 54.7. The maximum Gasteiger partial charge on any atom is 0.338 e. The fourth-order valence-electron chi connectivity index (χ4n) is 16.1. The van der Waals surface area contributed by atoms with Gasteiger partial charge in [-0.05, 0) is 140 Å². The molecule has 3 saturated heterocycles. The van der Waals surface area contributed by atoms with E-state index in [4.69, 9.17) is 37.9 Å². The van der Waals surface area contributed by atoms with Gasteiger partial charge in [0.2, 0.25) is 0 Å². The number of rotatable bonds is 18. The van der Waals surface area contributed by atoms with Crippen molar-refractivity contribution in [3.05, 3.63) is 71.8 Å². The highest BCUT2D eigenvalue weighted by Crippen LogP contribution is 2.68. The number of hydrogen-bond acceptors (Lipinski definition) is 13. The number of esters is 2. The predicted octanol–water partition coefficient (Wildman–Crippen LogP) is 11.7. The Morgan fingerprint density at radius 2 is 1.38 bits per heavy atom. The second kappa shape index (κ2) is 24.9. The number of ketones is 2. The minimum atomic E-state index is -0.971. The van der Waals surface area contributed by atoms with Crippen LogP contribution in [0.15, 0.2) is 60.7 Å². The van der Waals surface area contributed by atoms with Crippen molar-refractivity contribution in [1.82, 2.24) is 0 Å². The minimum absolute atomic E-state index is 0.0410. The fourth-order valence-corrected chi connectivity index (χ4v) is 16.1. The number of aliphatic hydroxyl groups excluding tert-OH is 1. The Morgan fingerprint density at radius 3 is 2.08 bits per heavy atom. The van der Waals surface area contributed by atoms with Crippen LogP contribution in [0.5, 0.6) is 0 Å². The molecular weight excluding hydrogens is 989 g/mol. The molecular formula is C65H94O13. The number of fused-ring (bicyclic) bond motifs is 5. The molecule has 7 fully saturated rings. The molecule has 2 aromatic rings. The van der Waals surface area contributed by atoms with Crippen LogP contribution < -0.4 is 0 Å². The Kier molecular flexibility index (Phi) is 18.8. The van der Waals surface area contributed by atoms with Crippen molar-refractivity contribution in [2.75, 3.05) is 19.8 Å². The second-order valence-electron chi connectivity index (χ2n) is 26.4. The zero-order valence-electron chi connectivity index (χ0n) is 48.7. The molecule has 0 amide bonds. The van der Waals surface area contributed by atoms with Crippen LogP contribution in [-0.2, 0) is 47.5 Å². The summed E-state index contributed by atoms with van der Waals surface area (Å²) in [6.07, 6.45) is 4.27. The van der Waals surface area contributed by atoms with E-state index in [1.165, 1.54) is 0 Å².